The first-order chi connectivity index (χ1) is 12.1. The van der Waals surface area contributed by atoms with Crippen molar-refractivity contribution in [1.82, 2.24) is 9.97 Å². The van der Waals surface area contributed by atoms with Gasteiger partial charge in [0.05, 0.1) is 11.3 Å². The Labute approximate surface area is 147 Å². The third-order valence-corrected chi connectivity index (χ3v) is 5.14. The first-order valence-electron chi connectivity index (χ1n) is 7.27. The number of sulfonamides is 1. The van der Waals surface area contributed by atoms with Crippen LogP contribution in [0.3, 0.4) is 0 Å². The molecule has 0 aliphatic rings. The summed E-state index contributed by atoms with van der Waals surface area (Å²) in [5.74, 6) is -2.62. The lowest BCUT2D eigenvalue weighted by atomic mass is 10.1. The highest BCUT2D eigenvalue weighted by molar-refractivity contribution is 7.92. The quantitative estimate of drug-likeness (QED) is 0.815. The van der Waals surface area contributed by atoms with E-state index < -0.39 is 45.0 Å². The molecule has 0 atom stereocenters. The van der Waals surface area contributed by atoms with Crippen LogP contribution in [0, 0.1) is 0 Å². The Bertz CT molecular complexity index is 916. The fraction of sp³-hybridized carbons (Fsp3) is 0.267. The number of anilines is 1. The summed E-state index contributed by atoms with van der Waals surface area (Å²) in [7, 11) is -4.20. The smallest absolute Gasteiger partial charge is 0.416 e. The summed E-state index contributed by atoms with van der Waals surface area (Å²) < 4.78 is 64.4. The van der Waals surface area contributed by atoms with Crippen molar-refractivity contribution in [1.29, 1.82) is 0 Å². The molecule has 0 amide bonds. The van der Waals surface area contributed by atoms with E-state index in [0.29, 0.717) is 4.31 Å². The largest absolute Gasteiger partial charge is 0.476 e. The summed E-state index contributed by atoms with van der Waals surface area (Å²) >= 11 is 0. The molecule has 7 nitrogen and oxygen atoms in total. The molecule has 1 aromatic carbocycles. The molecule has 0 spiro atoms. The van der Waals surface area contributed by atoms with Crippen LogP contribution in [0.25, 0.3) is 0 Å². The van der Waals surface area contributed by atoms with Gasteiger partial charge in [-0.3, -0.25) is 4.31 Å². The van der Waals surface area contributed by atoms with E-state index in [-0.39, 0.29) is 12.1 Å². The van der Waals surface area contributed by atoms with Crippen molar-refractivity contribution in [2.24, 2.45) is 0 Å². The minimum atomic E-state index is -4.61. The zero-order chi connectivity index (χ0) is 19.5. The molecule has 0 radical (unpaired) electrons. The van der Waals surface area contributed by atoms with Gasteiger partial charge >= 0.3 is 12.1 Å². The van der Waals surface area contributed by atoms with Gasteiger partial charge in [-0.05, 0) is 18.6 Å². The summed E-state index contributed by atoms with van der Waals surface area (Å²) in [6.45, 7) is 1.28. The van der Waals surface area contributed by atoms with E-state index in [9.17, 15) is 26.4 Å². The first-order valence-corrected chi connectivity index (χ1v) is 8.88. The van der Waals surface area contributed by atoms with Crippen LogP contribution in [-0.2, 0) is 22.0 Å². The molecule has 26 heavy (non-hydrogen) atoms. The lowest BCUT2D eigenvalue weighted by Gasteiger charge is -2.22. The van der Waals surface area contributed by atoms with Gasteiger partial charge in [-0.25, -0.2) is 23.2 Å². The van der Waals surface area contributed by atoms with Crippen LogP contribution in [0.2, 0.25) is 0 Å². The van der Waals surface area contributed by atoms with Crippen LogP contribution in [0.1, 0.15) is 28.5 Å². The van der Waals surface area contributed by atoms with E-state index >= 15 is 0 Å². The van der Waals surface area contributed by atoms with Crippen LogP contribution in [0.15, 0.2) is 36.7 Å². The molecule has 1 heterocycles. The molecule has 0 fully saturated rings. The Kier molecular flexibility index (Phi) is 5.50. The van der Waals surface area contributed by atoms with Crippen LogP contribution in [-0.4, -0.2) is 36.0 Å². The maximum atomic E-state index is 12.8. The number of halogens is 3. The summed E-state index contributed by atoms with van der Waals surface area (Å²) in [6.07, 6.45) is -2.38. The zero-order valence-electron chi connectivity index (χ0n) is 13.4. The van der Waals surface area contributed by atoms with Gasteiger partial charge in [0.2, 0.25) is 10.0 Å². The summed E-state index contributed by atoms with van der Waals surface area (Å²) in [6, 6.07) is 3.92. The topological polar surface area (TPSA) is 100 Å². The maximum Gasteiger partial charge on any atom is 0.416 e. The molecule has 0 aliphatic heterocycles. The highest BCUT2D eigenvalue weighted by atomic mass is 32.2. The molecule has 0 aliphatic carbocycles. The van der Waals surface area contributed by atoms with E-state index in [4.69, 9.17) is 5.11 Å². The van der Waals surface area contributed by atoms with Gasteiger partial charge in [-0.1, -0.05) is 18.2 Å². The van der Waals surface area contributed by atoms with Crippen molar-refractivity contribution in [3.8, 4) is 0 Å². The molecule has 11 heteroatoms. The Morgan fingerprint density at radius 1 is 1.23 bits per heavy atom. The fourth-order valence-electron chi connectivity index (χ4n) is 2.27. The molecule has 0 saturated carbocycles. The average Bonchev–Trinajstić information content (AvgIpc) is 2.54. The molecule has 0 bridgehead atoms. The number of nitrogens with zero attached hydrogens (tertiary/aromatic N) is 3. The lowest BCUT2D eigenvalue weighted by molar-refractivity contribution is -0.137. The second-order valence-corrected chi connectivity index (χ2v) is 7.05. The monoisotopic (exact) mass is 389 g/mol. The van der Waals surface area contributed by atoms with Gasteiger partial charge < -0.3 is 5.11 Å². The Morgan fingerprint density at radius 3 is 2.46 bits per heavy atom. The van der Waals surface area contributed by atoms with Crippen LogP contribution >= 0.6 is 0 Å². The van der Waals surface area contributed by atoms with Crippen LogP contribution < -0.4 is 4.31 Å². The first kappa shape index (κ1) is 19.6. The van der Waals surface area contributed by atoms with E-state index in [2.05, 4.69) is 9.97 Å². The Morgan fingerprint density at radius 2 is 1.88 bits per heavy atom. The van der Waals surface area contributed by atoms with E-state index in [1.54, 1.807) is 0 Å². The molecule has 1 aromatic heterocycles. The van der Waals surface area contributed by atoms with Crippen molar-refractivity contribution < 1.29 is 31.5 Å². The van der Waals surface area contributed by atoms with E-state index in [1.807, 2.05) is 0 Å². The van der Waals surface area contributed by atoms with Gasteiger partial charge in [-0.2, -0.15) is 13.2 Å². The van der Waals surface area contributed by atoms with Crippen LogP contribution in [0.4, 0.5) is 19.0 Å². The van der Waals surface area contributed by atoms with E-state index in [1.165, 1.54) is 13.0 Å². The number of hydrogen-bond acceptors (Lipinski definition) is 5. The molecule has 0 saturated heterocycles. The number of hydrogen-bond donors (Lipinski definition) is 1. The number of rotatable bonds is 6. The second-order valence-electron chi connectivity index (χ2n) is 5.15. The van der Waals surface area contributed by atoms with Gasteiger partial charge in [0.1, 0.15) is 0 Å². The second kappa shape index (κ2) is 7.28. The third kappa shape index (κ3) is 4.28. The van der Waals surface area contributed by atoms with Gasteiger partial charge in [0.25, 0.3) is 0 Å². The van der Waals surface area contributed by atoms with Gasteiger partial charge in [0, 0.05) is 18.9 Å². The number of carbonyl (C=O) groups is 1. The Balaban J connectivity index is 2.42. The minimum Gasteiger partial charge on any atom is -0.476 e. The predicted molar refractivity (Wildman–Crippen MR) is 86.1 cm³/mol. The number of aromatic nitrogens is 2. The highest BCUT2D eigenvalue weighted by Gasteiger charge is 2.32. The summed E-state index contributed by atoms with van der Waals surface area (Å²) in [5, 5.41) is 9.14. The number of aromatic carboxylic acids is 1. The molecule has 0 unspecified atom stereocenters. The molecule has 2 aromatic rings. The number of alkyl halides is 3. The SMILES string of the molecule is CCN(c1nccnc1C(=O)O)S(=O)(=O)Cc1cccc(C(F)(F)F)c1. The average molecular weight is 389 g/mol. The standard InChI is InChI=1S/C15H14F3N3O4S/c1-2-21(13-12(14(22)23)19-6-7-20-13)26(24,25)9-10-4-3-5-11(8-10)15(16,17)18/h3-8H,2,9H2,1H3,(H,22,23). The normalized spacial score (nSPS) is 12.0. The van der Waals surface area contributed by atoms with Crippen molar-refractivity contribution in [3.05, 3.63) is 53.5 Å². The molecular weight excluding hydrogens is 375 g/mol. The van der Waals surface area contributed by atoms with Crippen molar-refractivity contribution >= 4 is 21.8 Å². The summed E-state index contributed by atoms with van der Waals surface area (Å²) in [5.41, 5.74) is -1.63. The lowest BCUT2D eigenvalue weighted by Crippen LogP contribution is -2.34. The molecule has 2 rings (SSSR count). The predicted octanol–water partition coefficient (Wildman–Crippen LogP) is 2.55. The third-order valence-electron chi connectivity index (χ3n) is 3.34. The van der Waals surface area contributed by atoms with Crippen LogP contribution in [0.5, 0.6) is 0 Å². The zero-order valence-corrected chi connectivity index (χ0v) is 14.3. The highest BCUT2D eigenvalue weighted by Crippen LogP contribution is 2.30. The number of carboxylic acids is 1. The Hall–Kier alpha value is -2.69. The van der Waals surface area contributed by atoms with Crippen molar-refractivity contribution in [2.45, 2.75) is 18.9 Å². The maximum absolute atomic E-state index is 12.8. The minimum absolute atomic E-state index is 0.0842. The molecule has 140 valence electrons. The van der Waals surface area contributed by atoms with Gasteiger partial charge in [-0.15, -0.1) is 0 Å². The number of carboxylic acid groups (broad SMARTS) is 1. The fourth-order valence-corrected chi connectivity index (χ4v) is 3.82. The molecular formula is C15H14F3N3O4S. The van der Waals surface area contributed by atoms with Crippen molar-refractivity contribution in [3.63, 3.8) is 0 Å². The van der Waals surface area contributed by atoms with Gasteiger partial charge in [0.15, 0.2) is 11.5 Å². The van der Waals surface area contributed by atoms with Crippen molar-refractivity contribution in [2.75, 3.05) is 10.8 Å². The number of benzene rings is 1. The van der Waals surface area contributed by atoms with E-state index in [0.717, 1.165) is 30.6 Å². The molecule has 1 N–H and O–H groups in total. The summed E-state index contributed by atoms with van der Waals surface area (Å²) in [4.78, 5) is 18.6.